The van der Waals surface area contributed by atoms with Crippen molar-refractivity contribution in [2.75, 3.05) is 81.6 Å². The molecule has 0 aromatic heterocycles. The molecule has 29 heteroatoms. The molecule has 1 aromatic rings. The van der Waals surface area contributed by atoms with Crippen molar-refractivity contribution in [1.82, 2.24) is 60.0 Å². The number of nitrogens with one attached hydrogen (secondary N) is 3. The Labute approximate surface area is 616 Å². The summed E-state index contributed by atoms with van der Waals surface area (Å²) in [7, 11) is 8.63. The Morgan fingerprint density at radius 2 is 1.27 bits per heavy atom. The van der Waals surface area contributed by atoms with Gasteiger partial charge in [-0.2, -0.15) is 13.2 Å². The highest BCUT2D eigenvalue weighted by molar-refractivity contribution is 6.31. The maximum atomic E-state index is 15.5. The van der Waals surface area contributed by atoms with E-state index in [1.807, 2.05) is 20.8 Å². The van der Waals surface area contributed by atoms with Crippen molar-refractivity contribution >= 4 is 82.5 Å². The van der Waals surface area contributed by atoms with Gasteiger partial charge in [-0.3, -0.25) is 57.5 Å². The molecule has 4 saturated heterocycles. The highest BCUT2D eigenvalue weighted by Crippen LogP contribution is 2.38. The summed E-state index contributed by atoms with van der Waals surface area (Å²) >= 11 is 6.18. The van der Waals surface area contributed by atoms with Gasteiger partial charge in [0.1, 0.15) is 59.9 Å². The summed E-state index contributed by atoms with van der Waals surface area (Å²) in [6.45, 7) is 10.8. The molecule has 4 heterocycles. The predicted octanol–water partition coefficient (Wildman–Crippen LogP) is 6.19. The first-order valence-corrected chi connectivity index (χ1v) is 38.3. The molecule has 3 aliphatic carbocycles. The van der Waals surface area contributed by atoms with Crippen molar-refractivity contribution in [1.29, 1.82) is 0 Å². The van der Waals surface area contributed by atoms with Crippen molar-refractivity contribution in [3.8, 4) is 0 Å². The summed E-state index contributed by atoms with van der Waals surface area (Å²) in [4.78, 5) is 194. The van der Waals surface area contributed by atoms with Crippen LogP contribution in [0.15, 0.2) is 18.2 Å². The smallest absolute Gasteiger partial charge is 0.376 e. The summed E-state index contributed by atoms with van der Waals surface area (Å²) in [5.41, 5.74) is -2.36. The minimum atomic E-state index is -4.76. The number of piperidine rings is 1. The highest BCUT2D eigenvalue weighted by atomic mass is 35.5. The third-order valence-electron chi connectivity index (χ3n) is 23.0. The fourth-order valence-corrected chi connectivity index (χ4v) is 16.4. The number of ether oxygens (including phenoxy) is 1. The lowest BCUT2D eigenvalue weighted by molar-refractivity contribution is -0.162. The van der Waals surface area contributed by atoms with E-state index < -0.39 is 172 Å². The van der Waals surface area contributed by atoms with E-state index in [4.69, 9.17) is 16.3 Å². The SMILES string of the molecule is CC[C@H](C)[C@@H]1NC(=O)[C@H](CC(C)C)N(C)C(=O)C[C@@H](C(=O)N2CCCCC2)N(C)C(=O)[C@H](C(C)C)N(C)C(=O)C2(CCCC2)NC(=O)[C@@H]2CCCN2C(=O)[C@H](CCc2ccc(C(F)(F)F)c(Cl)c2)NC(=O)CN(C)C(=O)[C@H](CC2CCCCC2)N(C)C(=O)[C@@H]2CCN2C(=O)[C@H](COC2CC2)N(C)C1=O. The molecule has 25 nitrogen and oxygen atoms in total. The summed E-state index contributed by atoms with van der Waals surface area (Å²) < 4.78 is 47.9. The Balaban J connectivity index is 1.19. The second-order valence-electron chi connectivity index (χ2n) is 31.4. The molecular formula is C75H114ClF3N12O13. The number of nitrogens with zero attached hydrogens (tertiary/aromatic N) is 9. The molecular weight excluding hydrogens is 1370 g/mol. The molecule has 8 rings (SSSR count). The van der Waals surface area contributed by atoms with Gasteiger partial charge in [-0.05, 0) is 131 Å². The minimum absolute atomic E-state index is 0.00801. The Bertz CT molecular complexity index is 3280. The molecule has 1 aromatic carbocycles. The van der Waals surface area contributed by atoms with Gasteiger partial charge in [-0.15, -0.1) is 0 Å². The summed E-state index contributed by atoms with van der Waals surface area (Å²) in [5, 5.41) is 8.21. The van der Waals surface area contributed by atoms with Crippen LogP contribution in [0.2, 0.25) is 5.02 Å². The Morgan fingerprint density at radius 3 is 1.86 bits per heavy atom. The van der Waals surface area contributed by atoms with E-state index in [2.05, 4.69) is 16.0 Å². The molecule has 0 unspecified atom stereocenters. The number of alkyl halides is 3. The molecule has 3 saturated carbocycles. The molecule has 0 bridgehead atoms. The number of carbonyl (C=O) groups excluding carboxylic acids is 12. The zero-order chi connectivity index (χ0) is 76.4. The zero-order valence-electron chi connectivity index (χ0n) is 63.2. The van der Waals surface area contributed by atoms with E-state index in [1.165, 1.54) is 82.7 Å². The highest BCUT2D eigenvalue weighted by Gasteiger charge is 2.52. The van der Waals surface area contributed by atoms with E-state index in [1.54, 1.807) is 25.7 Å². The molecule has 7 fully saturated rings. The molecule has 580 valence electrons. The largest absolute Gasteiger partial charge is 0.417 e. The van der Waals surface area contributed by atoms with Gasteiger partial charge in [-0.1, -0.05) is 111 Å². The molecule has 4 aliphatic heterocycles. The first kappa shape index (κ1) is 82.6. The number of rotatable bonds is 14. The molecule has 12 amide bonds. The van der Waals surface area contributed by atoms with Gasteiger partial charge in [0, 0.05) is 68.5 Å². The van der Waals surface area contributed by atoms with Gasteiger partial charge in [0.15, 0.2) is 0 Å². The lowest BCUT2D eigenvalue weighted by atomic mass is 9.84. The van der Waals surface area contributed by atoms with Gasteiger partial charge >= 0.3 is 6.18 Å². The summed E-state index contributed by atoms with van der Waals surface area (Å²) in [6.07, 6.45) is 4.89. The number of fused-ring (bicyclic) bond motifs is 2. The number of likely N-dealkylation sites (N-methyl/N-ethyl adjacent to an activating group) is 6. The van der Waals surface area contributed by atoms with Crippen molar-refractivity contribution in [2.45, 2.75) is 261 Å². The number of hydrogen-bond acceptors (Lipinski definition) is 13. The quantitative estimate of drug-likeness (QED) is 0.188. The van der Waals surface area contributed by atoms with Crippen molar-refractivity contribution < 1.29 is 75.4 Å². The Morgan fingerprint density at radius 1 is 0.635 bits per heavy atom. The van der Waals surface area contributed by atoms with Crippen LogP contribution in [0.5, 0.6) is 0 Å². The van der Waals surface area contributed by atoms with E-state index in [0.29, 0.717) is 57.2 Å². The third-order valence-corrected chi connectivity index (χ3v) is 23.3. The zero-order valence-corrected chi connectivity index (χ0v) is 63.9. The maximum absolute atomic E-state index is 15.5. The first-order chi connectivity index (χ1) is 49.1. The van der Waals surface area contributed by atoms with E-state index >= 15 is 52.7 Å². The van der Waals surface area contributed by atoms with Gasteiger partial charge in [0.2, 0.25) is 70.9 Å². The van der Waals surface area contributed by atoms with Crippen LogP contribution in [-0.4, -0.2) is 263 Å². The van der Waals surface area contributed by atoms with Crippen LogP contribution in [0.4, 0.5) is 13.2 Å². The molecule has 7 aliphatic rings. The van der Waals surface area contributed by atoms with Gasteiger partial charge in [-0.25, -0.2) is 0 Å². The van der Waals surface area contributed by atoms with Crippen molar-refractivity contribution in [3.63, 3.8) is 0 Å². The van der Waals surface area contributed by atoms with E-state index in [-0.39, 0.29) is 89.0 Å². The topological polar surface area (TPSA) is 279 Å². The van der Waals surface area contributed by atoms with Crippen LogP contribution in [-0.2, 0) is 74.9 Å². The van der Waals surface area contributed by atoms with Crippen LogP contribution in [0.3, 0.4) is 0 Å². The van der Waals surface area contributed by atoms with E-state index in [0.717, 1.165) is 68.4 Å². The average Bonchev–Trinajstić information content (AvgIpc) is 1.53. The molecule has 0 radical (unpaired) electrons. The Kier molecular flexibility index (Phi) is 28.6. The van der Waals surface area contributed by atoms with Crippen LogP contribution in [0.1, 0.15) is 194 Å². The van der Waals surface area contributed by atoms with Crippen LogP contribution < -0.4 is 16.0 Å². The molecule has 104 heavy (non-hydrogen) atoms. The van der Waals surface area contributed by atoms with Crippen LogP contribution in [0.25, 0.3) is 0 Å². The predicted molar refractivity (Wildman–Crippen MR) is 382 cm³/mol. The van der Waals surface area contributed by atoms with Crippen molar-refractivity contribution in [3.05, 3.63) is 34.3 Å². The standard InChI is InChI=1S/C75H114ClF3N12O13/c1-13-47(6)62-71(101)87(11)59(44-104-50-28-29-50)70(100)91-38-32-55(91)68(98)85(9)57(41-48-23-16-14-17-24-48)67(97)83(7)43-60(92)80-53(31-27-49-26-30-51(52(76)40-49)75(77,78)79)66(96)90-37-22-25-54(90)65(95)82-74(33-18-19-34-74)73(103)88(12)63(46(4)5)72(102)86(10)58(69(99)89-35-20-15-21-36-89)42-61(93)84(8)56(39-45(2)3)64(94)81-62/h26,30,40,45-48,50,53-59,62-63H,13-25,27-29,31-39,41-44H2,1-12H3,(H,80,92)(H,81,94)(H,82,95)/t47-,53-,54-,55-,56-,57-,58-,59-,62-,63-/m0/s1. The van der Waals surface area contributed by atoms with Crippen LogP contribution >= 0.6 is 11.6 Å². The number of amides is 12. The van der Waals surface area contributed by atoms with Crippen LogP contribution in [0, 0.1) is 23.7 Å². The van der Waals surface area contributed by atoms with E-state index in [9.17, 15) is 18.0 Å². The second-order valence-corrected chi connectivity index (χ2v) is 31.8. The lowest BCUT2D eigenvalue weighted by Crippen LogP contribution is -2.66. The number of halogens is 4. The lowest BCUT2D eigenvalue weighted by Gasteiger charge is -2.46. The number of aryl methyl sites for hydroxylation is 1. The number of hydrogen-bond donors (Lipinski definition) is 3. The molecule has 10 atom stereocenters. The third kappa shape index (κ3) is 19.7. The molecule has 3 N–H and O–H groups in total. The molecule has 1 spiro atoms. The average molecular weight is 1480 g/mol. The minimum Gasteiger partial charge on any atom is -0.376 e. The second kappa shape index (κ2) is 36.0. The maximum Gasteiger partial charge on any atom is 0.417 e. The Hall–Kier alpha value is -7.10. The van der Waals surface area contributed by atoms with Gasteiger partial charge < -0.3 is 64.8 Å². The normalized spacial score (nSPS) is 27.9. The number of likely N-dealkylation sites (tertiary alicyclic amines) is 1. The first-order valence-electron chi connectivity index (χ1n) is 38.0. The number of carbonyl (C=O) groups is 12. The summed E-state index contributed by atoms with van der Waals surface area (Å²) in [6, 6.07) is -8.13. The van der Waals surface area contributed by atoms with Gasteiger partial charge in [0.25, 0.3) is 0 Å². The van der Waals surface area contributed by atoms with Crippen molar-refractivity contribution in [2.24, 2.45) is 23.7 Å². The van der Waals surface area contributed by atoms with Gasteiger partial charge in [0.05, 0.1) is 36.3 Å². The fraction of sp³-hybridized carbons (Fsp3) is 0.760. The summed E-state index contributed by atoms with van der Waals surface area (Å²) in [5.74, 6) is -9.08. The monoisotopic (exact) mass is 1480 g/mol. The number of benzene rings is 1. The fourth-order valence-electron chi connectivity index (χ4n) is 16.1.